The summed E-state index contributed by atoms with van der Waals surface area (Å²) in [5, 5.41) is 0. The van der Waals surface area contributed by atoms with Crippen molar-refractivity contribution in [3.63, 3.8) is 0 Å². The van der Waals surface area contributed by atoms with Crippen molar-refractivity contribution < 1.29 is 12.9 Å². The second-order valence-corrected chi connectivity index (χ2v) is 6.00. The fraction of sp³-hybridized carbons (Fsp3) is 1.00. The van der Waals surface area contributed by atoms with E-state index in [0.717, 1.165) is 11.0 Å². The highest BCUT2D eigenvalue weighted by atomic mass is 32.2. The summed E-state index contributed by atoms with van der Waals surface area (Å²) in [6, 6.07) is 0. The quantitative estimate of drug-likeness (QED) is 0.648. The van der Waals surface area contributed by atoms with Crippen molar-refractivity contribution in [1.29, 1.82) is 0 Å². The van der Waals surface area contributed by atoms with Gasteiger partial charge in [-0.2, -0.15) is 0 Å². The average molecular weight is 207 g/mol. The second-order valence-electron chi connectivity index (χ2n) is 4.16. The van der Waals surface area contributed by atoms with Gasteiger partial charge in [0.05, 0.1) is 39.5 Å². The molecular weight excluding hydrogens is 188 g/mol. The normalized spacial score (nSPS) is 22.0. The largest absolute Gasteiger partial charge is 0.325 e. The molecular formula is C8H19N2O2S+. The van der Waals surface area contributed by atoms with Crippen LogP contribution in [-0.2, 0) is 10.0 Å². The van der Waals surface area contributed by atoms with Crippen LogP contribution in [0.3, 0.4) is 0 Å². The highest BCUT2D eigenvalue weighted by molar-refractivity contribution is 7.88. The third kappa shape index (κ3) is 4.06. The van der Waals surface area contributed by atoms with Crippen molar-refractivity contribution >= 4 is 10.0 Å². The van der Waals surface area contributed by atoms with Crippen molar-refractivity contribution in [2.24, 2.45) is 0 Å². The average Bonchev–Trinajstić information content (AvgIpc) is 2.33. The van der Waals surface area contributed by atoms with Crippen LogP contribution in [0.2, 0.25) is 0 Å². The SMILES string of the molecule is C[N+]1(CCNS(C)(=O)=O)CCCC1. The summed E-state index contributed by atoms with van der Waals surface area (Å²) < 4.78 is 25.1. The lowest BCUT2D eigenvalue weighted by molar-refractivity contribution is -0.896. The standard InChI is InChI=1S/C8H19N2O2S/c1-10(6-3-4-7-10)8-5-9-13(2,11)12/h9H,3-8H2,1-2H3/q+1. The topological polar surface area (TPSA) is 46.2 Å². The number of sulfonamides is 1. The molecule has 0 bridgehead atoms. The van der Waals surface area contributed by atoms with E-state index in [1.165, 1.54) is 32.2 Å². The zero-order valence-electron chi connectivity index (χ0n) is 8.41. The number of likely N-dealkylation sites (tertiary alicyclic amines) is 1. The molecule has 0 unspecified atom stereocenters. The molecule has 4 nitrogen and oxygen atoms in total. The molecule has 5 heteroatoms. The van der Waals surface area contributed by atoms with Gasteiger partial charge in [0.2, 0.25) is 10.0 Å². The minimum absolute atomic E-state index is 0.565. The van der Waals surface area contributed by atoms with E-state index in [0.29, 0.717) is 6.54 Å². The first-order valence-corrected chi connectivity index (χ1v) is 6.59. The van der Waals surface area contributed by atoms with Gasteiger partial charge < -0.3 is 4.48 Å². The smallest absolute Gasteiger partial charge is 0.208 e. The lowest BCUT2D eigenvalue weighted by Crippen LogP contribution is -2.46. The molecule has 0 spiro atoms. The zero-order chi connectivity index (χ0) is 9.95. The van der Waals surface area contributed by atoms with Crippen molar-refractivity contribution in [3.05, 3.63) is 0 Å². The van der Waals surface area contributed by atoms with Gasteiger partial charge in [-0.25, -0.2) is 13.1 Å². The van der Waals surface area contributed by atoms with Crippen LogP contribution in [0.4, 0.5) is 0 Å². The van der Waals surface area contributed by atoms with E-state index in [4.69, 9.17) is 0 Å². The summed E-state index contributed by atoms with van der Waals surface area (Å²) in [7, 11) is -0.811. The zero-order valence-corrected chi connectivity index (χ0v) is 9.23. The van der Waals surface area contributed by atoms with Crippen LogP contribution in [0.25, 0.3) is 0 Å². The van der Waals surface area contributed by atoms with E-state index in [9.17, 15) is 8.42 Å². The number of hydrogen-bond acceptors (Lipinski definition) is 2. The van der Waals surface area contributed by atoms with Crippen molar-refractivity contribution in [2.75, 3.05) is 39.5 Å². The molecule has 0 atom stereocenters. The number of rotatable bonds is 4. The number of quaternary nitrogens is 1. The Hall–Kier alpha value is -0.130. The molecule has 1 fully saturated rings. The van der Waals surface area contributed by atoms with Gasteiger partial charge in [0.15, 0.2) is 0 Å². The molecule has 1 heterocycles. The molecule has 1 aliphatic rings. The van der Waals surface area contributed by atoms with Crippen molar-refractivity contribution in [3.8, 4) is 0 Å². The van der Waals surface area contributed by atoms with E-state index in [2.05, 4.69) is 11.8 Å². The maximum Gasteiger partial charge on any atom is 0.208 e. The van der Waals surface area contributed by atoms with Crippen molar-refractivity contribution in [2.45, 2.75) is 12.8 Å². The predicted molar refractivity (Wildman–Crippen MR) is 52.9 cm³/mol. The Morgan fingerprint density at radius 2 is 1.85 bits per heavy atom. The molecule has 0 amide bonds. The van der Waals surface area contributed by atoms with Crippen LogP contribution in [0.5, 0.6) is 0 Å². The fourth-order valence-corrected chi connectivity index (χ4v) is 2.29. The molecule has 1 N–H and O–H groups in total. The monoisotopic (exact) mass is 207 g/mol. The molecule has 0 saturated carbocycles. The molecule has 1 rings (SSSR count). The molecule has 0 aliphatic carbocycles. The molecule has 0 aromatic carbocycles. The number of likely N-dealkylation sites (N-methyl/N-ethyl adjacent to an activating group) is 1. The lowest BCUT2D eigenvalue weighted by Gasteiger charge is -2.28. The number of nitrogens with one attached hydrogen (secondary N) is 1. The van der Waals surface area contributed by atoms with Crippen LogP contribution in [0.15, 0.2) is 0 Å². The fourth-order valence-electron chi connectivity index (χ4n) is 1.82. The number of hydrogen-bond donors (Lipinski definition) is 1. The van der Waals surface area contributed by atoms with Gasteiger partial charge in [0, 0.05) is 12.8 Å². The van der Waals surface area contributed by atoms with E-state index in [1.807, 2.05) is 0 Å². The Balaban J connectivity index is 2.26. The van der Waals surface area contributed by atoms with Gasteiger partial charge in [-0.3, -0.25) is 0 Å². The highest BCUT2D eigenvalue weighted by Crippen LogP contribution is 2.14. The Bertz CT molecular complexity index is 255. The minimum atomic E-state index is -3.00. The summed E-state index contributed by atoms with van der Waals surface area (Å²) in [5.41, 5.74) is 0. The Morgan fingerprint density at radius 1 is 1.31 bits per heavy atom. The molecule has 0 aromatic rings. The van der Waals surface area contributed by atoms with E-state index in [1.54, 1.807) is 0 Å². The van der Waals surface area contributed by atoms with Crippen LogP contribution < -0.4 is 4.72 Å². The molecule has 13 heavy (non-hydrogen) atoms. The van der Waals surface area contributed by atoms with Gasteiger partial charge in [0.25, 0.3) is 0 Å². The van der Waals surface area contributed by atoms with E-state index < -0.39 is 10.0 Å². The van der Waals surface area contributed by atoms with Crippen LogP contribution in [0, 0.1) is 0 Å². The van der Waals surface area contributed by atoms with Gasteiger partial charge in [-0.05, 0) is 0 Å². The van der Waals surface area contributed by atoms with Gasteiger partial charge in [-0.15, -0.1) is 0 Å². The lowest BCUT2D eigenvalue weighted by atomic mass is 10.4. The first-order chi connectivity index (χ1) is 5.91. The molecule has 1 aliphatic heterocycles. The summed E-state index contributed by atoms with van der Waals surface area (Å²) in [6.45, 7) is 3.85. The molecule has 1 saturated heterocycles. The van der Waals surface area contributed by atoms with Gasteiger partial charge >= 0.3 is 0 Å². The molecule has 78 valence electrons. The van der Waals surface area contributed by atoms with Gasteiger partial charge in [-0.1, -0.05) is 0 Å². The number of nitrogens with zero attached hydrogens (tertiary/aromatic N) is 1. The second kappa shape index (κ2) is 3.94. The first kappa shape index (κ1) is 10.9. The summed E-state index contributed by atoms with van der Waals surface area (Å²) in [5.74, 6) is 0. The first-order valence-electron chi connectivity index (χ1n) is 4.70. The third-order valence-electron chi connectivity index (χ3n) is 2.66. The van der Waals surface area contributed by atoms with Crippen LogP contribution in [-0.4, -0.2) is 52.4 Å². The minimum Gasteiger partial charge on any atom is -0.325 e. The third-order valence-corrected chi connectivity index (χ3v) is 3.39. The van der Waals surface area contributed by atoms with E-state index >= 15 is 0 Å². The highest BCUT2D eigenvalue weighted by Gasteiger charge is 2.26. The Morgan fingerprint density at radius 3 is 2.31 bits per heavy atom. The summed E-state index contributed by atoms with van der Waals surface area (Å²) in [6.07, 6.45) is 3.75. The van der Waals surface area contributed by atoms with Gasteiger partial charge in [0.1, 0.15) is 0 Å². The summed E-state index contributed by atoms with van der Waals surface area (Å²) in [4.78, 5) is 0. The van der Waals surface area contributed by atoms with Crippen molar-refractivity contribution in [1.82, 2.24) is 4.72 Å². The Labute approximate surface area is 80.6 Å². The maximum atomic E-state index is 10.8. The molecule has 0 aromatic heterocycles. The van der Waals surface area contributed by atoms with E-state index in [-0.39, 0.29) is 0 Å². The maximum absolute atomic E-state index is 10.8. The summed E-state index contributed by atoms with van der Waals surface area (Å²) >= 11 is 0. The predicted octanol–water partition coefficient (Wildman–Crippen LogP) is -0.224. The molecule has 0 radical (unpaired) electrons. The Kier molecular flexibility index (Phi) is 3.32. The van der Waals surface area contributed by atoms with Crippen LogP contribution in [0.1, 0.15) is 12.8 Å². The van der Waals surface area contributed by atoms with Crippen LogP contribution >= 0.6 is 0 Å².